The van der Waals surface area contributed by atoms with Crippen LogP contribution in [0.3, 0.4) is 0 Å². The minimum Gasteiger partial charge on any atom is -0.343 e. The van der Waals surface area contributed by atoms with Gasteiger partial charge in [0.1, 0.15) is 0 Å². The van der Waals surface area contributed by atoms with Crippen molar-refractivity contribution < 1.29 is 4.79 Å². The number of carbonyl (C=O) groups is 1. The maximum absolute atomic E-state index is 11.4. The second-order valence-corrected chi connectivity index (χ2v) is 6.89. The van der Waals surface area contributed by atoms with Crippen LogP contribution in [0.5, 0.6) is 0 Å². The fourth-order valence-electron chi connectivity index (χ4n) is 4.29. The fraction of sp³-hybridized carbons (Fsp3) is 0.941. The average molecular weight is 265 g/mol. The molecule has 2 heteroatoms. The molecule has 0 bridgehead atoms. The molecule has 2 aliphatic rings. The van der Waals surface area contributed by atoms with Crippen LogP contribution in [-0.4, -0.2) is 23.9 Å². The van der Waals surface area contributed by atoms with Crippen molar-refractivity contribution in [2.45, 2.75) is 77.7 Å². The summed E-state index contributed by atoms with van der Waals surface area (Å²) in [5.74, 6) is 3.18. The summed E-state index contributed by atoms with van der Waals surface area (Å²) in [6.45, 7) is 4.03. The number of nitrogens with zero attached hydrogens (tertiary/aromatic N) is 1. The normalized spacial score (nSPS) is 35.9. The zero-order valence-electron chi connectivity index (χ0n) is 13.0. The van der Waals surface area contributed by atoms with Crippen LogP contribution in [-0.2, 0) is 4.79 Å². The Morgan fingerprint density at radius 2 is 1.42 bits per heavy atom. The van der Waals surface area contributed by atoms with Gasteiger partial charge < -0.3 is 4.90 Å². The lowest BCUT2D eigenvalue weighted by Crippen LogP contribution is -2.39. The lowest BCUT2D eigenvalue weighted by molar-refractivity contribution is -0.130. The molecule has 0 spiro atoms. The molecule has 0 radical (unpaired) electrons. The Morgan fingerprint density at radius 1 is 0.947 bits per heavy atom. The first kappa shape index (κ1) is 14.9. The quantitative estimate of drug-likeness (QED) is 0.747. The zero-order chi connectivity index (χ0) is 13.8. The highest BCUT2D eigenvalue weighted by Crippen LogP contribution is 2.41. The minimum atomic E-state index is 0.229. The number of rotatable bonds is 3. The Labute approximate surface area is 118 Å². The van der Waals surface area contributed by atoms with Crippen molar-refractivity contribution in [1.82, 2.24) is 4.90 Å². The van der Waals surface area contributed by atoms with Crippen molar-refractivity contribution in [2.24, 2.45) is 17.8 Å². The van der Waals surface area contributed by atoms with E-state index >= 15 is 0 Å². The molecule has 2 aliphatic carbocycles. The standard InChI is InChI=1S/C17H31NO/c1-4-14-5-7-15(8-6-14)16-9-11-17(12-10-16)18(3)13(2)19/h14-17H,4-12H2,1-3H3. The molecule has 2 rings (SSSR count). The van der Waals surface area contributed by atoms with E-state index in [0.717, 1.165) is 17.8 Å². The van der Waals surface area contributed by atoms with Gasteiger partial charge in [-0.1, -0.05) is 26.2 Å². The first-order chi connectivity index (χ1) is 9.11. The molecular weight excluding hydrogens is 234 g/mol. The second kappa shape index (κ2) is 6.76. The monoisotopic (exact) mass is 265 g/mol. The van der Waals surface area contributed by atoms with Gasteiger partial charge in [0.25, 0.3) is 0 Å². The molecule has 0 saturated heterocycles. The Hall–Kier alpha value is -0.530. The van der Waals surface area contributed by atoms with E-state index < -0.39 is 0 Å². The van der Waals surface area contributed by atoms with E-state index in [0.29, 0.717) is 6.04 Å². The lowest BCUT2D eigenvalue weighted by atomic mass is 9.70. The van der Waals surface area contributed by atoms with Crippen LogP contribution in [0.25, 0.3) is 0 Å². The van der Waals surface area contributed by atoms with Crippen LogP contribution in [0.1, 0.15) is 71.6 Å². The average Bonchev–Trinajstić information content (AvgIpc) is 2.46. The van der Waals surface area contributed by atoms with Gasteiger partial charge in [-0.25, -0.2) is 0 Å². The number of hydrogen-bond donors (Lipinski definition) is 0. The summed E-state index contributed by atoms with van der Waals surface area (Å²) in [6.07, 6.45) is 12.4. The van der Waals surface area contributed by atoms with Crippen LogP contribution >= 0.6 is 0 Å². The number of carbonyl (C=O) groups excluding carboxylic acids is 1. The third kappa shape index (κ3) is 3.73. The first-order valence-corrected chi connectivity index (χ1v) is 8.35. The van der Waals surface area contributed by atoms with E-state index in [-0.39, 0.29) is 5.91 Å². The van der Waals surface area contributed by atoms with E-state index in [2.05, 4.69) is 6.92 Å². The molecule has 0 aromatic heterocycles. The highest BCUT2D eigenvalue weighted by molar-refractivity contribution is 5.73. The fourth-order valence-corrected chi connectivity index (χ4v) is 4.29. The third-order valence-electron chi connectivity index (χ3n) is 5.92. The maximum Gasteiger partial charge on any atom is 0.219 e. The molecule has 0 heterocycles. The van der Waals surface area contributed by atoms with E-state index in [9.17, 15) is 4.79 Å². The Bertz CT molecular complexity index is 286. The molecule has 0 atom stereocenters. The topological polar surface area (TPSA) is 20.3 Å². The van der Waals surface area contributed by atoms with E-state index in [4.69, 9.17) is 0 Å². The molecule has 0 aromatic rings. The number of hydrogen-bond acceptors (Lipinski definition) is 1. The summed E-state index contributed by atoms with van der Waals surface area (Å²) in [5.41, 5.74) is 0. The Morgan fingerprint density at radius 3 is 1.84 bits per heavy atom. The van der Waals surface area contributed by atoms with Crippen LogP contribution in [0.2, 0.25) is 0 Å². The summed E-state index contributed by atoms with van der Waals surface area (Å²) in [6, 6.07) is 0.515. The Balaban J connectivity index is 1.76. The number of amides is 1. The molecule has 0 N–H and O–H groups in total. The highest BCUT2D eigenvalue weighted by atomic mass is 16.2. The van der Waals surface area contributed by atoms with Crippen LogP contribution in [0.15, 0.2) is 0 Å². The smallest absolute Gasteiger partial charge is 0.219 e. The van der Waals surface area contributed by atoms with Crippen molar-refractivity contribution >= 4 is 5.91 Å². The van der Waals surface area contributed by atoms with Gasteiger partial charge in [-0.2, -0.15) is 0 Å². The van der Waals surface area contributed by atoms with E-state index in [1.54, 1.807) is 6.92 Å². The molecule has 2 nitrogen and oxygen atoms in total. The van der Waals surface area contributed by atoms with Gasteiger partial charge in [-0.3, -0.25) is 4.79 Å². The van der Waals surface area contributed by atoms with Gasteiger partial charge >= 0.3 is 0 Å². The van der Waals surface area contributed by atoms with Crippen molar-refractivity contribution in [3.8, 4) is 0 Å². The maximum atomic E-state index is 11.4. The van der Waals surface area contributed by atoms with Gasteiger partial charge in [0, 0.05) is 20.0 Å². The molecule has 110 valence electrons. The summed E-state index contributed by atoms with van der Waals surface area (Å²) in [5, 5.41) is 0. The second-order valence-electron chi connectivity index (χ2n) is 6.89. The van der Waals surface area contributed by atoms with Crippen molar-refractivity contribution in [3.63, 3.8) is 0 Å². The molecule has 2 fully saturated rings. The SMILES string of the molecule is CCC1CCC(C2CCC(N(C)C(C)=O)CC2)CC1. The lowest BCUT2D eigenvalue weighted by Gasteiger charge is -2.39. The van der Waals surface area contributed by atoms with Crippen molar-refractivity contribution in [3.05, 3.63) is 0 Å². The molecule has 1 amide bonds. The molecule has 19 heavy (non-hydrogen) atoms. The summed E-state index contributed by atoms with van der Waals surface area (Å²) < 4.78 is 0. The van der Waals surface area contributed by atoms with E-state index in [1.165, 1.54) is 57.8 Å². The summed E-state index contributed by atoms with van der Waals surface area (Å²) >= 11 is 0. The molecule has 0 unspecified atom stereocenters. The first-order valence-electron chi connectivity index (χ1n) is 8.35. The van der Waals surface area contributed by atoms with Gasteiger partial charge in [0.15, 0.2) is 0 Å². The highest BCUT2D eigenvalue weighted by Gasteiger charge is 2.31. The third-order valence-corrected chi connectivity index (χ3v) is 5.92. The molecule has 0 aliphatic heterocycles. The van der Waals surface area contributed by atoms with Crippen molar-refractivity contribution in [2.75, 3.05) is 7.05 Å². The van der Waals surface area contributed by atoms with Crippen LogP contribution in [0, 0.1) is 17.8 Å². The van der Waals surface area contributed by atoms with Crippen LogP contribution in [0.4, 0.5) is 0 Å². The molecule has 2 saturated carbocycles. The van der Waals surface area contributed by atoms with Gasteiger partial charge in [-0.05, 0) is 56.3 Å². The molecular formula is C17H31NO. The predicted molar refractivity (Wildman–Crippen MR) is 79.9 cm³/mol. The van der Waals surface area contributed by atoms with E-state index in [1.807, 2.05) is 11.9 Å². The minimum absolute atomic E-state index is 0.229. The van der Waals surface area contributed by atoms with Crippen molar-refractivity contribution in [1.29, 1.82) is 0 Å². The van der Waals surface area contributed by atoms with Gasteiger partial charge in [0.05, 0.1) is 0 Å². The van der Waals surface area contributed by atoms with Gasteiger partial charge in [-0.15, -0.1) is 0 Å². The summed E-state index contributed by atoms with van der Waals surface area (Å²) in [4.78, 5) is 13.4. The zero-order valence-corrected chi connectivity index (χ0v) is 13.0. The van der Waals surface area contributed by atoms with Gasteiger partial charge in [0.2, 0.25) is 5.91 Å². The van der Waals surface area contributed by atoms with Crippen LogP contribution < -0.4 is 0 Å². The molecule has 0 aromatic carbocycles. The summed E-state index contributed by atoms with van der Waals surface area (Å²) in [7, 11) is 1.97. The predicted octanol–water partition coefficient (Wildman–Crippen LogP) is 4.24. The largest absolute Gasteiger partial charge is 0.343 e. The Kier molecular flexibility index (Phi) is 5.29.